The predicted octanol–water partition coefficient (Wildman–Crippen LogP) is 1.05. The van der Waals surface area contributed by atoms with Gasteiger partial charge in [-0.2, -0.15) is 0 Å². The van der Waals surface area contributed by atoms with E-state index in [1.807, 2.05) is 24.3 Å². The quantitative estimate of drug-likeness (QED) is 0.583. The third-order valence-electron chi connectivity index (χ3n) is 2.80. The van der Waals surface area contributed by atoms with E-state index in [9.17, 15) is 9.90 Å². The van der Waals surface area contributed by atoms with Gasteiger partial charge in [0.05, 0.1) is 13.2 Å². The Morgan fingerprint density at radius 3 is 2.95 bits per heavy atom. The number of hydrogen-bond donors (Lipinski definition) is 3. The van der Waals surface area contributed by atoms with E-state index < -0.39 is 12.1 Å². The summed E-state index contributed by atoms with van der Waals surface area (Å²) in [5.41, 5.74) is 1.16. The zero-order valence-corrected chi connectivity index (χ0v) is 11.1. The van der Waals surface area contributed by atoms with Crippen LogP contribution in [0.1, 0.15) is 18.4 Å². The lowest BCUT2D eigenvalue weighted by molar-refractivity contribution is -0.137. The summed E-state index contributed by atoms with van der Waals surface area (Å²) < 4.78 is 5.14. The smallest absolute Gasteiger partial charge is 0.303 e. The molecule has 0 saturated carbocycles. The van der Waals surface area contributed by atoms with Crippen molar-refractivity contribution >= 4 is 5.97 Å². The monoisotopic (exact) mass is 267 g/mol. The third-order valence-corrected chi connectivity index (χ3v) is 2.80. The second-order valence-electron chi connectivity index (χ2n) is 4.39. The highest BCUT2D eigenvalue weighted by atomic mass is 16.5. The van der Waals surface area contributed by atoms with Crippen LogP contribution in [0.2, 0.25) is 0 Å². The standard InChI is InChI=1S/C14H21NO4/c1-19-13-4-2-3-11(9-13)7-8-15-10-12(16)5-6-14(17)18/h2-4,9,12,15-16H,5-8,10H2,1H3,(H,17,18). The minimum atomic E-state index is -0.879. The molecule has 0 aliphatic rings. The SMILES string of the molecule is COc1cccc(CCNCC(O)CCC(=O)O)c1. The van der Waals surface area contributed by atoms with Gasteiger partial charge in [0.2, 0.25) is 0 Å². The molecule has 0 aliphatic carbocycles. The highest BCUT2D eigenvalue weighted by Crippen LogP contribution is 2.12. The summed E-state index contributed by atoms with van der Waals surface area (Å²) >= 11 is 0. The lowest BCUT2D eigenvalue weighted by Gasteiger charge is -2.11. The zero-order chi connectivity index (χ0) is 14.1. The number of hydrogen-bond acceptors (Lipinski definition) is 4. The molecule has 106 valence electrons. The fraction of sp³-hybridized carbons (Fsp3) is 0.500. The number of methoxy groups -OCH3 is 1. The molecule has 5 nitrogen and oxygen atoms in total. The van der Waals surface area contributed by atoms with Crippen molar-refractivity contribution in [3.63, 3.8) is 0 Å². The Hall–Kier alpha value is -1.59. The number of ether oxygens (including phenoxy) is 1. The van der Waals surface area contributed by atoms with Crippen molar-refractivity contribution < 1.29 is 19.7 Å². The first kappa shape index (κ1) is 15.5. The van der Waals surface area contributed by atoms with Gasteiger partial charge in [-0.1, -0.05) is 12.1 Å². The van der Waals surface area contributed by atoms with Crippen LogP contribution in [0, 0.1) is 0 Å². The third kappa shape index (κ3) is 6.79. The number of aliphatic carboxylic acids is 1. The Bertz CT molecular complexity index is 395. The van der Waals surface area contributed by atoms with Crippen molar-refractivity contribution in [1.82, 2.24) is 5.32 Å². The first-order valence-electron chi connectivity index (χ1n) is 6.35. The van der Waals surface area contributed by atoms with Crippen molar-refractivity contribution in [2.75, 3.05) is 20.2 Å². The van der Waals surface area contributed by atoms with Gasteiger partial charge in [0.15, 0.2) is 0 Å². The Morgan fingerprint density at radius 2 is 2.26 bits per heavy atom. The second kappa shape index (κ2) is 8.50. The molecule has 0 fully saturated rings. The normalized spacial score (nSPS) is 12.1. The second-order valence-corrected chi connectivity index (χ2v) is 4.39. The van der Waals surface area contributed by atoms with E-state index in [1.165, 1.54) is 0 Å². The average molecular weight is 267 g/mol. The number of carbonyl (C=O) groups is 1. The van der Waals surface area contributed by atoms with Crippen LogP contribution in [0.4, 0.5) is 0 Å². The summed E-state index contributed by atoms with van der Waals surface area (Å²) in [5, 5.41) is 21.1. The van der Waals surface area contributed by atoms with Crippen LogP contribution in [0.25, 0.3) is 0 Å². The molecule has 0 spiro atoms. The van der Waals surface area contributed by atoms with Gasteiger partial charge in [-0.3, -0.25) is 4.79 Å². The van der Waals surface area contributed by atoms with Crippen LogP contribution in [0.3, 0.4) is 0 Å². The Balaban J connectivity index is 2.17. The summed E-state index contributed by atoms with van der Waals surface area (Å²) in [7, 11) is 1.64. The number of aliphatic hydroxyl groups is 1. The Kier molecular flexibility index (Phi) is 6.92. The minimum absolute atomic E-state index is 0.00126. The van der Waals surface area contributed by atoms with Crippen molar-refractivity contribution in [2.45, 2.75) is 25.4 Å². The molecule has 1 atom stereocenters. The van der Waals surface area contributed by atoms with Gasteiger partial charge in [-0.15, -0.1) is 0 Å². The molecule has 0 radical (unpaired) electrons. The lowest BCUT2D eigenvalue weighted by atomic mass is 10.1. The fourth-order valence-corrected chi connectivity index (χ4v) is 1.72. The zero-order valence-electron chi connectivity index (χ0n) is 11.1. The molecule has 1 unspecified atom stereocenters. The van der Waals surface area contributed by atoms with E-state index >= 15 is 0 Å². The van der Waals surface area contributed by atoms with Crippen molar-refractivity contribution in [3.8, 4) is 5.75 Å². The summed E-state index contributed by atoms with van der Waals surface area (Å²) in [5.74, 6) is -0.0468. The van der Waals surface area contributed by atoms with Gasteiger partial charge in [0.1, 0.15) is 5.75 Å². The first-order valence-corrected chi connectivity index (χ1v) is 6.35. The molecule has 3 N–H and O–H groups in total. The van der Waals surface area contributed by atoms with Gasteiger partial charge in [0.25, 0.3) is 0 Å². The molecule has 19 heavy (non-hydrogen) atoms. The van der Waals surface area contributed by atoms with Crippen LogP contribution in [-0.2, 0) is 11.2 Å². The highest BCUT2D eigenvalue weighted by Gasteiger charge is 2.06. The summed E-state index contributed by atoms with van der Waals surface area (Å²) in [6.07, 6.45) is 0.504. The molecule has 1 rings (SSSR count). The van der Waals surface area contributed by atoms with E-state index in [-0.39, 0.29) is 12.8 Å². The molecule has 0 amide bonds. The van der Waals surface area contributed by atoms with E-state index in [0.717, 1.165) is 24.3 Å². The highest BCUT2D eigenvalue weighted by molar-refractivity contribution is 5.66. The Morgan fingerprint density at radius 1 is 1.47 bits per heavy atom. The maximum atomic E-state index is 10.3. The van der Waals surface area contributed by atoms with E-state index in [1.54, 1.807) is 7.11 Å². The van der Waals surface area contributed by atoms with Crippen molar-refractivity contribution in [3.05, 3.63) is 29.8 Å². The van der Waals surface area contributed by atoms with Crippen LogP contribution < -0.4 is 10.1 Å². The maximum absolute atomic E-state index is 10.3. The van der Waals surface area contributed by atoms with Crippen LogP contribution in [0.15, 0.2) is 24.3 Å². The van der Waals surface area contributed by atoms with Gasteiger partial charge in [-0.05, 0) is 37.1 Å². The number of rotatable bonds is 9. The minimum Gasteiger partial charge on any atom is -0.497 e. The van der Waals surface area contributed by atoms with Gasteiger partial charge < -0.3 is 20.3 Å². The van der Waals surface area contributed by atoms with Crippen LogP contribution in [0.5, 0.6) is 5.75 Å². The van der Waals surface area contributed by atoms with E-state index in [2.05, 4.69) is 5.32 Å². The Labute approximate surface area is 113 Å². The molecule has 1 aromatic carbocycles. The van der Waals surface area contributed by atoms with Gasteiger partial charge in [0, 0.05) is 13.0 Å². The summed E-state index contributed by atoms with van der Waals surface area (Å²) in [4.78, 5) is 10.3. The molecular formula is C14H21NO4. The maximum Gasteiger partial charge on any atom is 0.303 e. The van der Waals surface area contributed by atoms with Crippen molar-refractivity contribution in [1.29, 1.82) is 0 Å². The molecule has 0 heterocycles. The molecule has 5 heteroatoms. The number of carboxylic acids is 1. The number of carboxylic acid groups (broad SMARTS) is 1. The number of nitrogens with one attached hydrogen (secondary N) is 1. The molecular weight excluding hydrogens is 246 g/mol. The summed E-state index contributed by atoms with van der Waals surface area (Å²) in [6, 6.07) is 7.83. The summed E-state index contributed by atoms with van der Waals surface area (Å²) in [6.45, 7) is 1.15. The number of benzene rings is 1. The molecule has 0 aromatic heterocycles. The van der Waals surface area contributed by atoms with Gasteiger partial charge >= 0.3 is 5.97 Å². The number of aliphatic hydroxyl groups excluding tert-OH is 1. The van der Waals surface area contributed by atoms with Crippen LogP contribution >= 0.6 is 0 Å². The fourth-order valence-electron chi connectivity index (χ4n) is 1.72. The molecule has 0 aliphatic heterocycles. The topological polar surface area (TPSA) is 78.8 Å². The van der Waals surface area contributed by atoms with E-state index in [0.29, 0.717) is 6.54 Å². The van der Waals surface area contributed by atoms with Crippen molar-refractivity contribution in [2.24, 2.45) is 0 Å². The van der Waals surface area contributed by atoms with Gasteiger partial charge in [-0.25, -0.2) is 0 Å². The average Bonchev–Trinajstić information content (AvgIpc) is 2.41. The molecule has 1 aromatic rings. The first-order chi connectivity index (χ1) is 9.11. The van der Waals surface area contributed by atoms with Crippen LogP contribution in [-0.4, -0.2) is 42.5 Å². The van der Waals surface area contributed by atoms with E-state index in [4.69, 9.17) is 9.84 Å². The molecule has 0 saturated heterocycles. The lowest BCUT2D eigenvalue weighted by Crippen LogP contribution is -2.28. The largest absolute Gasteiger partial charge is 0.497 e. The predicted molar refractivity (Wildman–Crippen MR) is 72.4 cm³/mol. The molecule has 0 bridgehead atoms.